The van der Waals surface area contributed by atoms with Crippen LogP contribution in [-0.4, -0.2) is 44.3 Å². The Balaban J connectivity index is 2.05. The zero-order chi connectivity index (χ0) is 29.4. The number of nitrogens with one attached hydrogen (secondary N) is 1. The Bertz CT molecular complexity index is 1410. The molecule has 1 N–H and O–H groups in total. The van der Waals surface area contributed by atoms with Gasteiger partial charge in [-0.1, -0.05) is 62.7 Å². The van der Waals surface area contributed by atoms with Crippen molar-refractivity contribution in [3.05, 3.63) is 94.8 Å². The molecule has 0 aliphatic rings. The van der Waals surface area contributed by atoms with Crippen LogP contribution in [0.2, 0.25) is 5.02 Å². The van der Waals surface area contributed by atoms with Crippen molar-refractivity contribution in [1.29, 1.82) is 0 Å². The number of aryl methyl sites for hydroxylation is 1. The minimum Gasteiger partial charge on any atom is -0.354 e. The van der Waals surface area contributed by atoms with Gasteiger partial charge in [0.05, 0.1) is 10.6 Å². The van der Waals surface area contributed by atoms with Gasteiger partial charge in [0.15, 0.2) is 0 Å². The van der Waals surface area contributed by atoms with Crippen molar-refractivity contribution >= 4 is 39.1 Å². The van der Waals surface area contributed by atoms with Crippen molar-refractivity contribution in [2.24, 2.45) is 5.92 Å². The van der Waals surface area contributed by atoms with Gasteiger partial charge in [0.2, 0.25) is 11.8 Å². The summed E-state index contributed by atoms with van der Waals surface area (Å²) < 4.78 is 42.4. The highest BCUT2D eigenvalue weighted by Crippen LogP contribution is 2.28. The third-order valence-electron chi connectivity index (χ3n) is 6.40. The van der Waals surface area contributed by atoms with E-state index in [-0.39, 0.29) is 23.3 Å². The maximum atomic E-state index is 14.0. The highest BCUT2D eigenvalue weighted by molar-refractivity contribution is 7.92. The molecule has 1 atom stereocenters. The lowest BCUT2D eigenvalue weighted by molar-refractivity contribution is -0.140. The van der Waals surface area contributed by atoms with Crippen molar-refractivity contribution < 1.29 is 22.4 Å². The third kappa shape index (κ3) is 7.82. The number of para-hydroxylation sites is 1. The van der Waals surface area contributed by atoms with Crippen LogP contribution in [0.15, 0.2) is 77.7 Å². The summed E-state index contributed by atoms with van der Waals surface area (Å²) in [7, 11) is -4.20. The van der Waals surface area contributed by atoms with Gasteiger partial charge in [0.25, 0.3) is 10.0 Å². The largest absolute Gasteiger partial charge is 0.354 e. The second-order valence-corrected chi connectivity index (χ2v) is 12.3. The second-order valence-electron chi connectivity index (χ2n) is 9.96. The molecule has 0 saturated heterocycles. The molecule has 0 spiro atoms. The Morgan fingerprint density at radius 2 is 1.60 bits per heavy atom. The standard InChI is InChI=1S/C30H35ClFN3O4S/c1-5-27(30(37)33-18-21(2)3)34(19-23-10-14-25(32)15-11-23)29(36)20-35(28-9-7-6-8-22(28)4)40(38,39)26-16-12-24(31)13-17-26/h6-17,21,27H,5,18-20H2,1-4H3,(H,33,37). The molecule has 0 heterocycles. The van der Waals surface area contributed by atoms with Gasteiger partial charge in [-0.25, -0.2) is 12.8 Å². The Hall–Kier alpha value is -3.43. The minimum absolute atomic E-state index is 0.00464. The van der Waals surface area contributed by atoms with Gasteiger partial charge in [-0.15, -0.1) is 0 Å². The fraction of sp³-hybridized carbons (Fsp3) is 0.333. The molecule has 0 aliphatic carbocycles. The van der Waals surface area contributed by atoms with E-state index in [2.05, 4.69) is 5.32 Å². The van der Waals surface area contributed by atoms with E-state index in [1.807, 2.05) is 13.8 Å². The van der Waals surface area contributed by atoms with Gasteiger partial charge in [0.1, 0.15) is 18.4 Å². The minimum atomic E-state index is -4.20. The molecule has 10 heteroatoms. The Morgan fingerprint density at radius 3 is 2.17 bits per heavy atom. The number of anilines is 1. The first-order valence-electron chi connectivity index (χ1n) is 13.1. The zero-order valence-electron chi connectivity index (χ0n) is 23.1. The van der Waals surface area contributed by atoms with E-state index < -0.39 is 34.3 Å². The molecule has 2 amide bonds. The second kappa shape index (κ2) is 13.8. The van der Waals surface area contributed by atoms with Crippen LogP contribution >= 0.6 is 11.6 Å². The zero-order valence-corrected chi connectivity index (χ0v) is 24.7. The summed E-state index contributed by atoms with van der Waals surface area (Å²) in [6.07, 6.45) is 0.297. The molecule has 3 aromatic carbocycles. The molecular formula is C30H35ClFN3O4S. The average Bonchev–Trinajstić information content (AvgIpc) is 2.92. The summed E-state index contributed by atoms with van der Waals surface area (Å²) in [5.41, 5.74) is 1.59. The lowest BCUT2D eigenvalue weighted by Gasteiger charge is -2.33. The number of hydrogen-bond acceptors (Lipinski definition) is 4. The van der Waals surface area contributed by atoms with Crippen LogP contribution in [0, 0.1) is 18.7 Å². The number of carbonyl (C=O) groups is 2. The fourth-order valence-electron chi connectivity index (χ4n) is 4.22. The lowest BCUT2D eigenvalue weighted by atomic mass is 10.1. The van der Waals surface area contributed by atoms with Crippen molar-refractivity contribution in [2.45, 2.75) is 51.6 Å². The third-order valence-corrected chi connectivity index (χ3v) is 8.43. The fourth-order valence-corrected chi connectivity index (χ4v) is 5.82. The number of carbonyl (C=O) groups excluding carboxylic acids is 2. The molecule has 0 aromatic heterocycles. The topological polar surface area (TPSA) is 86.8 Å². The van der Waals surface area contributed by atoms with Crippen LogP contribution in [0.25, 0.3) is 0 Å². The monoisotopic (exact) mass is 587 g/mol. The quantitative estimate of drug-likeness (QED) is 0.300. The molecular weight excluding hydrogens is 553 g/mol. The summed E-state index contributed by atoms with van der Waals surface area (Å²) in [6, 6.07) is 17.4. The molecule has 214 valence electrons. The molecule has 0 radical (unpaired) electrons. The van der Waals surface area contributed by atoms with Crippen molar-refractivity contribution in [3.8, 4) is 0 Å². The predicted octanol–water partition coefficient (Wildman–Crippen LogP) is 5.56. The molecule has 40 heavy (non-hydrogen) atoms. The summed E-state index contributed by atoms with van der Waals surface area (Å²) in [5.74, 6) is -1.14. The van der Waals surface area contributed by atoms with E-state index >= 15 is 0 Å². The number of amides is 2. The maximum absolute atomic E-state index is 14.0. The molecule has 0 saturated carbocycles. The van der Waals surface area contributed by atoms with Crippen LogP contribution < -0.4 is 9.62 Å². The summed E-state index contributed by atoms with van der Waals surface area (Å²) in [4.78, 5) is 28.6. The van der Waals surface area contributed by atoms with Gasteiger partial charge in [-0.3, -0.25) is 13.9 Å². The first kappa shape index (κ1) is 31.1. The molecule has 0 fully saturated rings. The van der Waals surface area contributed by atoms with Gasteiger partial charge < -0.3 is 10.2 Å². The summed E-state index contributed by atoms with van der Waals surface area (Å²) in [6.45, 7) is 7.34. The predicted molar refractivity (Wildman–Crippen MR) is 156 cm³/mol. The molecule has 7 nitrogen and oxygen atoms in total. The van der Waals surface area contributed by atoms with Crippen molar-refractivity contribution in [2.75, 3.05) is 17.4 Å². The van der Waals surface area contributed by atoms with Crippen LogP contribution in [0.4, 0.5) is 10.1 Å². The number of hydrogen-bond donors (Lipinski definition) is 1. The van der Waals surface area contributed by atoms with Gasteiger partial charge in [-0.05, 0) is 72.9 Å². The molecule has 0 aliphatic heterocycles. The molecule has 3 aromatic rings. The van der Waals surface area contributed by atoms with Crippen molar-refractivity contribution in [1.82, 2.24) is 10.2 Å². The summed E-state index contributed by atoms with van der Waals surface area (Å²) in [5, 5.41) is 3.26. The first-order chi connectivity index (χ1) is 18.9. The van der Waals surface area contributed by atoms with Crippen LogP contribution in [-0.2, 0) is 26.2 Å². The van der Waals surface area contributed by atoms with Crippen LogP contribution in [0.1, 0.15) is 38.3 Å². The average molecular weight is 588 g/mol. The van der Waals surface area contributed by atoms with Crippen molar-refractivity contribution in [3.63, 3.8) is 0 Å². The van der Waals surface area contributed by atoms with E-state index in [1.54, 1.807) is 38.1 Å². The van der Waals surface area contributed by atoms with E-state index in [4.69, 9.17) is 11.6 Å². The number of rotatable bonds is 12. The van der Waals surface area contributed by atoms with E-state index in [9.17, 15) is 22.4 Å². The van der Waals surface area contributed by atoms with E-state index in [1.165, 1.54) is 53.4 Å². The normalized spacial score (nSPS) is 12.2. The highest BCUT2D eigenvalue weighted by atomic mass is 35.5. The van der Waals surface area contributed by atoms with Gasteiger partial charge >= 0.3 is 0 Å². The molecule has 1 unspecified atom stereocenters. The van der Waals surface area contributed by atoms with Gasteiger partial charge in [-0.2, -0.15) is 0 Å². The SMILES string of the molecule is CCC(C(=O)NCC(C)C)N(Cc1ccc(F)cc1)C(=O)CN(c1ccccc1C)S(=O)(=O)c1ccc(Cl)cc1. The molecule has 0 bridgehead atoms. The molecule has 3 rings (SSSR count). The first-order valence-corrected chi connectivity index (χ1v) is 14.9. The Labute approximate surface area is 241 Å². The van der Waals surface area contributed by atoms with Gasteiger partial charge in [0, 0.05) is 18.1 Å². The number of sulfonamides is 1. The number of halogens is 2. The Morgan fingerprint density at radius 1 is 0.975 bits per heavy atom. The van der Waals surface area contributed by atoms with E-state index in [0.717, 1.165) is 4.31 Å². The van der Waals surface area contributed by atoms with Crippen LogP contribution in [0.3, 0.4) is 0 Å². The Kier molecular flexibility index (Phi) is 10.7. The maximum Gasteiger partial charge on any atom is 0.264 e. The smallest absolute Gasteiger partial charge is 0.264 e. The number of nitrogens with zero attached hydrogens (tertiary/aromatic N) is 2. The summed E-state index contributed by atoms with van der Waals surface area (Å²) >= 11 is 5.99. The highest BCUT2D eigenvalue weighted by Gasteiger charge is 2.34. The van der Waals surface area contributed by atoms with Crippen LogP contribution in [0.5, 0.6) is 0 Å². The lowest BCUT2D eigenvalue weighted by Crippen LogP contribution is -2.52. The number of benzene rings is 3. The van der Waals surface area contributed by atoms with E-state index in [0.29, 0.717) is 34.8 Å².